The van der Waals surface area contributed by atoms with Crippen LogP contribution in [0.25, 0.3) is 0 Å². The molecule has 20 heavy (non-hydrogen) atoms. The van der Waals surface area contributed by atoms with E-state index in [0.29, 0.717) is 17.9 Å². The summed E-state index contributed by atoms with van der Waals surface area (Å²) in [5.41, 5.74) is 2.86. The van der Waals surface area contributed by atoms with Crippen LogP contribution in [0.3, 0.4) is 0 Å². The van der Waals surface area contributed by atoms with E-state index in [-0.39, 0.29) is 11.9 Å². The highest BCUT2D eigenvalue weighted by atomic mass is 79.9. The van der Waals surface area contributed by atoms with E-state index in [0.717, 1.165) is 15.6 Å². The number of halogens is 2. The topological polar surface area (TPSA) is 27.1 Å². The third kappa shape index (κ3) is 2.24. The monoisotopic (exact) mass is 332 g/mol. The van der Waals surface area contributed by atoms with E-state index >= 15 is 0 Å². The normalized spacial score (nSPS) is 15.3. The smallest absolute Gasteiger partial charge is 0.129 e. The molecule has 0 radical (unpaired) electrons. The van der Waals surface area contributed by atoms with Gasteiger partial charge in [-0.3, -0.25) is 5.41 Å². The summed E-state index contributed by atoms with van der Waals surface area (Å²) in [6.45, 7) is 2.73. The Morgan fingerprint density at radius 3 is 2.60 bits per heavy atom. The second-order valence-corrected chi connectivity index (χ2v) is 5.92. The number of nitrogens with one attached hydrogen (secondary N) is 1. The summed E-state index contributed by atoms with van der Waals surface area (Å²) >= 11 is 3.42. The van der Waals surface area contributed by atoms with Crippen LogP contribution in [0.4, 0.5) is 4.39 Å². The van der Waals surface area contributed by atoms with E-state index in [9.17, 15) is 4.39 Å². The Bertz CT molecular complexity index is 667. The van der Waals surface area contributed by atoms with Crippen LogP contribution < -0.4 is 0 Å². The molecule has 1 unspecified atom stereocenters. The second kappa shape index (κ2) is 5.02. The number of hydrogen-bond donors (Lipinski definition) is 1. The number of amidine groups is 1. The Hall–Kier alpha value is -1.68. The zero-order valence-electron chi connectivity index (χ0n) is 11.0. The predicted octanol–water partition coefficient (Wildman–Crippen LogP) is 4.49. The van der Waals surface area contributed by atoms with Gasteiger partial charge in [0.15, 0.2) is 0 Å². The number of rotatable bonds is 2. The summed E-state index contributed by atoms with van der Waals surface area (Å²) in [6.07, 6.45) is 0. The van der Waals surface area contributed by atoms with Crippen molar-refractivity contribution in [3.05, 3.63) is 69.4 Å². The van der Waals surface area contributed by atoms with Crippen molar-refractivity contribution in [3.63, 3.8) is 0 Å². The lowest BCUT2D eigenvalue weighted by molar-refractivity contribution is 0.341. The largest absolute Gasteiger partial charge is 0.345 e. The molecule has 1 heterocycles. The van der Waals surface area contributed by atoms with Gasteiger partial charge in [0.2, 0.25) is 0 Å². The molecule has 0 saturated heterocycles. The molecule has 1 aliphatic heterocycles. The summed E-state index contributed by atoms with van der Waals surface area (Å²) in [5, 5.41) is 8.26. The van der Waals surface area contributed by atoms with Gasteiger partial charge in [-0.2, -0.15) is 0 Å². The Morgan fingerprint density at radius 1 is 1.20 bits per heavy atom. The molecular weight excluding hydrogens is 319 g/mol. The van der Waals surface area contributed by atoms with Crippen LogP contribution in [0.15, 0.2) is 46.9 Å². The van der Waals surface area contributed by atoms with Gasteiger partial charge in [0, 0.05) is 16.6 Å². The van der Waals surface area contributed by atoms with Gasteiger partial charge in [-0.1, -0.05) is 34.1 Å². The Balaban J connectivity index is 1.90. The predicted molar refractivity (Wildman–Crippen MR) is 81.3 cm³/mol. The molecule has 0 amide bonds. The first kappa shape index (κ1) is 13.3. The fourth-order valence-corrected chi connectivity index (χ4v) is 2.84. The molecule has 2 aromatic rings. The minimum absolute atomic E-state index is 0.0889. The van der Waals surface area contributed by atoms with Crippen LogP contribution in [0.2, 0.25) is 0 Å². The molecule has 0 spiro atoms. The lowest BCUT2D eigenvalue weighted by Gasteiger charge is -2.26. The molecule has 102 valence electrons. The molecule has 1 atom stereocenters. The second-order valence-electron chi connectivity index (χ2n) is 5.01. The maximum absolute atomic E-state index is 13.3. The molecule has 4 heteroatoms. The molecule has 0 fully saturated rings. The lowest BCUT2D eigenvalue weighted by atomic mass is 10.1. The van der Waals surface area contributed by atoms with Crippen LogP contribution in [-0.2, 0) is 6.54 Å². The lowest BCUT2D eigenvalue weighted by Crippen LogP contribution is -2.27. The fourth-order valence-electron chi connectivity index (χ4n) is 2.58. The van der Waals surface area contributed by atoms with Gasteiger partial charge in [0.1, 0.15) is 11.7 Å². The average Bonchev–Trinajstić information content (AvgIpc) is 2.76. The van der Waals surface area contributed by atoms with Crippen molar-refractivity contribution in [2.75, 3.05) is 0 Å². The van der Waals surface area contributed by atoms with Crippen LogP contribution in [-0.4, -0.2) is 10.7 Å². The van der Waals surface area contributed by atoms with Gasteiger partial charge in [-0.05, 0) is 42.3 Å². The Kier molecular flexibility index (Phi) is 3.34. The minimum Gasteiger partial charge on any atom is -0.345 e. The summed E-state index contributed by atoms with van der Waals surface area (Å²) in [5.74, 6) is 0.113. The standard InChI is InChI=1S/C16H14BrFN2/c1-10(11-2-5-13(17)6-3-11)20-9-12-4-7-14(18)8-15(12)16(20)19/h2-8,10,19H,9H2,1H3. The molecule has 0 bridgehead atoms. The highest BCUT2D eigenvalue weighted by Crippen LogP contribution is 2.31. The van der Waals surface area contributed by atoms with Crippen LogP contribution in [0, 0.1) is 11.2 Å². The van der Waals surface area contributed by atoms with Crippen molar-refractivity contribution in [3.8, 4) is 0 Å². The van der Waals surface area contributed by atoms with Gasteiger partial charge >= 0.3 is 0 Å². The average molecular weight is 333 g/mol. The van der Waals surface area contributed by atoms with E-state index in [4.69, 9.17) is 5.41 Å². The van der Waals surface area contributed by atoms with Crippen LogP contribution >= 0.6 is 15.9 Å². The van der Waals surface area contributed by atoms with Crippen LogP contribution in [0.1, 0.15) is 29.7 Å². The first-order valence-electron chi connectivity index (χ1n) is 6.45. The zero-order valence-corrected chi connectivity index (χ0v) is 12.6. The molecule has 1 aliphatic rings. The molecule has 0 aromatic heterocycles. The highest BCUT2D eigenvalue weighted by Gasteiger charge is 2.28. The Labute approximate surface area is 125 Å². The summed E-state index contributed by atoms with van der Waals surface area (Å²) in [7, 11) is 0. The number of hydrogen-bond acceptors (Lipinski definition) is 1. The maximum atomic E-state index is 13.3. The van der Waals surface area contributed by atoms with Gasteiger partial charge in [-0.15, -0.1) is 0 Å². The molecular formula is C16H14BrFN2. The highest BCUT2D eigenvalue weighted by molar-refractivity contribution is 9.10. The van der Waals surface area contributed by atoms with E-state index in [1.54, 1.807) is 6.07 Å². The minimum atomic E-state index is -0.286. The van der Waals surface area contributed by atoms with Crippen molar-refractivity contribution in [1.82, 2.24) is 4.90 Å². The number of benzene rings is 2. The molecule has 0 saturated carbocycles. The van der Waals surface area contributed by atoms with Crippen molar-refractivity contribution in [1.29, 1.82) is 5.41 Å². The fraction of sp³-hybridized carbons (Fsp3) is 0.188. The maximum Gasteiger partial charge on any atom is 0.129 e. The van der Waals surface area contributed by atoms with Gasteiger partial charge < -0.3 is 4.90 Å². The molecule has 2 nitrogen and oxygen atoms in total. The first-order chi connectivity index (χ1) is 9.56. The van der Waals surface area contributed by atoms with Gasteiger partial charge in [-0.25, -0.2) is 4.39 Å². The summed E-state index contributed by atoms with van der Waals surface area (Å²) in [4.78, 5) is 1.99. The Morgan fingerprint density at radius 2 is 1.90 bits per heavy atom. The molecule has 0 aliphatic carbocycles. The molecule has 1 N–H and O–H groups in total. The van der Waals surface area contributed by atoms with Crippen molar-refractivity contribution < 1.29 is 4.39 Å². The first-order valence-corrected chi connectivity index (χ1v) is 7.25. The summed E-state index contributed by atoms with van der Waals surface area (Å²) < 4.78 is 14.3. The third-order valence-electron chi connectivity index (χ3n) is 3.77. The molecule has 3 rings (SSSR count). The quantitative estimate of drug-likeness (QED) is 0.861. The van der Waals surface area contributed by atoms with E-state index in [1.807, 2.05) is 29.2 Å². The van der Waals surface area contributed by atoms with Gasteiger partial charge in [0.25, 0.3) is 0 Å². The van der Waals surface area contributed by atoms with E-state index < -0.39 is 0 Å². The van der Waals surface area contributed by atoms with Crippen molar-refractivity contribution >= 4 is 21.8 Å². The van der Waals surface area contributed by atoms with E-state index in [1.165, 1.54) is 12.1 Å². The SMILES string of the molecule is CC(c1ccc(Br)cc1)N1Cc2ccc(F)cc2C1=N. The van der Waals surface area contributed by atoms with Crippen LogP contribution in [0.5, 0.6) is 0 Å². The van der Waals surface area contributed by atoms with E-state index in [2.05, 4.69) is 22.9 Å². The summed E-state index contributed by atoms with van der Waals surface area (Å²) in [6, 6.07) is 12.9. The number of fused-ring (bicyclic) bond motifs is 1. The number of nitrogens with zero attached hydrogens (tertiary/aromatic N) is 1. The zero-order chi connectivity index (χ0) is 14.3. The molecule has 2 aromatic carbocycles. The van der Waals surface area contributed by atoms with Crippen molar-refractivity contribution in [2.45, 2.75) is 19.5 Å². The van der Waals surface area contributed by atoms with Crippen molar-refractivity contribution in [2.24, 2.45) is 0 Å². The third-order valence-corrected chi connectivity index (χ3v) is 4.30. The van der Waals surface area contributed by atoms with Gasteiger partial charge in [0.05, 0.1) is 6.04 Å².